The minimum atomic E-state index is 0.270. The minimum Gasteiger partial charge on any atom is -0.341 e. The molecule has 0 unspecified atom stereocenters. The van der Waals surface area contributed by atoms with Crippen LogP contribution in [0, 0.1) is 0 Å². The molecule has 0 spiro atoms. The van der Waals surface area contributed by atoms with Gasteiger partial charge >= 0.3 is 0 Å². The first-order chi connectivity index (χ1) is 10.3. The Morgan fingerprint density at radius 3 is 2.76 bits per heavy atom. The molecule has 3 heterocycles. The highest BCUT2D eigenvalue weighted by atomic mass is 35.5. The molecule has 2 aromatic rings. The third kappa shape index (κ3) is 3.44. The van der Waals surface area contributed by atoms with Crippen LogP contribution in [0.4, 0.5) is 11.9 Å². The number of halogens is 1. The number of hydrogen-bond donors (Lipinski definition) is 0. The van der Waals surface area contributed by atoms with Gasteiger partial charge in [-0.25, -0.2) is 0 Å². The maximum atomic E-state index is 6.10. The summed E-state index contributed by atoms with van der Waals surface area (Å²) in [6, 6.07) is 4.18. The third-order valence-corrected chi connectivity index (χ3v) is 4.59. The van der Waals surface area contributed by atoms with E-state index in [0.717, 1.165) is 26.2 Å². The fourth-order valence-electron chi connectivity index (χ4n) is 2.44. The van der Waals surface area contributed by atoms with E-state index in [1.165, 1.54) is 17.7 Å². The second kappa shape index (κ2) is 6.58. The number of anilines is 2. The predicted octanol–water partition coefficient (Wildman–Crippen LogP) is 3.21. The molecule has 0 N–H and O–H groups in total. The largest absolute Gasteiger partial charge is 0.341 e. The van der Waals surface area contributed by atoms with Gasteiger partial charge in [-0.15, -0.1) is 11.3 Å². The van der Waals surface area contributed by atoms with Gasteiger partial charge in [0.05, 0.1) is 6.54 Å². The van der Waals surface area contributed by atoms with E-state index in [4.69, 9.17) is 11.6 Å². The van der Waals surface area contributed by atoms with Gasteiger partial charge in [-0.3, -0.25) is 0 Å². The van der Waals surface area contributed by atoms with Crippen LogP contribution in [0.3, 0.4) is 0 Å². The molecule has 0 amide bonds. The van der Waals surface area contributed by atoms with E-state index in [9.17, 15) is 0 Å². The lowest BCUT2D eigenvalue weighted by atomic mass is 10.4. The first-order valence-electron chi connectivity index (χ1n) is 7.20. The van der Waals surface area contributed by atoms with Gasteiger partial charge in [0.25, 0.3) is 0 Å². The summed E-state index contributed by atoms with van der Waals surface area (Å²) < 4.78 is 0. The van der Waals surface area contributed by atoms with Gasteiger partial charge in [0.15, 0.2) is 0 Å². The van der Waals surface area contributed by atoms with Gasteiger partial charge in [-0.2, -0.15) is 15.0 Å². The van der Waals surface area contributed by atoms with Gasteiger partial charge in [-0.05, 0) is 42.8 Å². The number of aromatic nitrogens is 3. The third-order valence-electron chi connectivity index (χ3n) is 3.56. The first kappa shape index (κ1) is 14.5. The van der Waals surface area contributed by atoms with Crippen LogP contribution in [-0.2, 0) is 6.54 Å². The molecule has 21 heavy (non-hydrogen) atoms. The lowest BCUT2D eigenvalue weighted by molar-refractivity contribution is 0.780. The molecule has 0 aromatic carbocycles. The van der Waals surface area contributed by atoms with E-state index < -0.39 is 0 Å². The maximum absolute atomic E-state index is 6.10. The second-order valence-electron chi connectivity index (χ2n) is 4.99. The Balaban J connectivity index is 1.85. The predicted molar refractivity (Wildman–Crippen MR) is 87.3 cm³/mol. The van der Waals surface area contributed by atoms with E-state index in [1.807, 2.05) is 0 Å². The molecule has 1 aliphatic heterocycles. The Morgan fingerprint density at radius 2 is 2.10 bits per heavy atom. The van der Waals surface area contributed by atoms with E-state index in [-0.39, 0.29) is 5.28 Å². The van der Waals surface area contributed by atoms with E-state index in [1.54, 1.807) is 11.3 Å². The monoisotopic (exact) mass is 323 g/mol. The topological polar surface area (TPSA) is 45.2 Å². The van der Waals surface area contributed by atoms with E-state index in [0.29, 0.717) is 11.9 Å². The van der Waals surface area contributed by atoms with Crippen molar-refractivity contribution in [1.29, 1.82) is 0 Å². The molecule has 7 heteroatoms. The first-order valence-corrected chi connectivity index (χ1v) is 8.46. The zero-order chi connectivity index (χ0) is 14.7. The van der Waals surface area contributed by atoms with Crippen LogP contribution in [0.2, 0.25) is 5.28 Å². The van der Waals surface area contributed by atoms with Crippen LogP contribution < -0.4 is 9.80 Å². The van der Waals surface area contributed by atoms with Crippen LogP contribution in [-0.4, -0.2) is 34.6 Å². The van der Waals surface area contributed by atoms with Crippen molar-refractivity contribution in [2.75, 3.05) is 29.4 Å². The molecule has 112 valence electrons. The summed E-state index contributed by atoms with van der Waals surface area (Å²) in [4.78, 5) is 18.8. The molecule has 1 saturated heterocycles. The zero-order valence-electron chi connectivity index (χ0n) is 12.0. The molecule has 0 atom stereocenters. The number of thiophene rings is 1. The van der Waals surface area contributed by atoms with Crippen molar-refractivity contribution in [3.63, 3.8) is 0 Å². The van der Waals surface area contributed by atoms with Crippen LogP contribution in [0.25, 0.3) is 0 Å². The van der Waals surface area contributed by atoms with Crippen molar-refractivity contribution < 1.29 is 0 Å². The molecule has 0 radical (unpaired) electrons. The molecule has 0 bridgehead atoms. The summed E-state index contributed by atoms with van der Waals surface area (Å²) in [6.07, 6.45) is 2.37. The standard InChI is InChI=1S/C14H18ClN5S/c1-2-19(10-11-6-5-9-21-11)13-16-12(15)17-14(18-13)20-7-3-4-8-20/h5-6,9H,2-4,7-8,10H2,1H3. The van der Waals surface area contributed by atoms with Crippen molar-refractivity contribution in [2.45, 2.75) is 26.3 Å². The maximum Gasteiger partial charge on any atom is 0.231 e. The Morgan fingerprint density at radius 1 is 1.29 bits per heavy atom. The van der Waals surface area contributed by atoms with Crippen LogP contribution in [0.1, 0.15) is 24.6 Å². The van der Waals surface area contributed by atoms with Crippen LogP contribution >= 0.6 is 22.9 Å². The lowest BCUT2D eigenvalue weighted by Crippen LogP contribution is -2.27. The average molecular weight is 324 g/mol. The van der Waals surface area contributed by atoms with Gasteiger partial charge in [-0.1, -0.05) is 6.07 Å². The molecule has 0 saturated carbocycles. The van der Waals surface area contributed by atoms with Crippen molar-refractivity contribution >= 4 is 34.8 Å². The fourth-order valence-corrected chi connectivity index (χ4v) is 3.31. The normalized spacial score (nSPS) is 14.7. The van der Waals surface area contributed by atoms with Crippen molar-refractivity contribution in [3.8, 4) is 0 Å². The Hall–Kier alpha value is -1.40. The average Bonchev–Trinajstić information content (AvgIpc) is 3.17. The summed E-state index contributed by atoms with van der Waals surface area (Å²) >= 11 is 7.84. The van der Waals surface area contributed by atoms with Gasteiger partial charge in [0, 0.05) is 24.5 Å². The van der Waals surface area contributed by atoms with Gasteiger partial charge < -0.3 is 9.80 Å². The van der Waals surface area contributed by atoms with Crippen molar-refractivity contribution in [2.24, 2.45) is 0 Å². The molecule has 1 aliphatic rings. The molecular formula is C14H18ClN5S. The number of hydrogen-bond acceptors (Lipinski definition) is 6. The van der Waals surface area contributed by atoms with E-state index >= 15 is 0 Å². The summed E-state index contributed by atoms with van der Waals surface area (Å²) in [5, 5.41) is 2.35. The van der Waals surface area contributed by atoms with Gasteiger partial charge in [0.1, 0.15) is 0 Å². The molecule has 1 fully saturated rings. The highest BCUT2D eigenvalue weighted by Gasteiger charge is 2.19. The zero-order valence-corrected chi connectivity index (χ0v) is 13.6. The SMILES string of the molecule is CCN(Cc1cccs1)c1nc(Cl)nc(N2CCCC2)n1. The summed E-state index contributed by atoms with van der Waals surface area (Å²) in [7, 11) is 0. The Kier molecular flexibility index (Phi) is 4.55. The summed E-state index contributed by atoms with van der Waals surface area (Å²) in [5.41, 5.74) is 0. The molecule has 5 nitrogen and oxygen atoms in total. The Labute approximate surface area is 133 Å². The number of nitrogens with zero attached hydrogens (tertiary/aromatic N) is 5. The summed E-state index contributed by atoms with van der Waals surface area (Å²) in [6.45, 7) is 5.72. The van der Waals surface area contributed by atoms with Crippen LogP contribution in [0.5, 0.6) is 0 Å². The highest BCUT2D eigenvalue weighted by molar-refractivity contribution is 7.09. The van der Waals surface area contributed by atoms with Crippen molar-refractivity contribution in [1.82, 2.24) is 15.0 Å². The molecular weight excluding hydrogens is 306 g/mol. The smallest absolute Gasteiger partial charge is 0.231 e. The Bertz CT molecular complexity index is 583. The van der Waals surface area contributed by atoms with Gasteiger partial charge in [0.2, 0.25) is 17.2 Å². The quantitative estimate of drug-likeness (QED) is 0.845. The molecule has 0 aliphatic carbocycles. The van der Waals surface area contributed by atoms with E-state index in [2.05, 4.69) is 49.2 Å². The highest BCUT2D eigenvalue weighted by Crippen LogP contribution is 2.22. The number of rotatable bonds is 5. The lowest BCUT2D eigenvalue weighted by Gasteiger charge is -2.22. The minimum absolute atomic E-state index is 0.270. The second-order valence-corrected chi connectivity index (χ2v) is 6.36. The molecule has 2 aromatic heterocycles. The molecule has 3 rings (SSSR count). The van der Waals surface area contributed by atoms with Crippen LogP contribution in [0.15, 0.2) is 17.5 Å². The van der Waals surface area contributed by atoms with Crippen molar-refractivity contribution in [3.05, 3.63) is 27.7 Å². The summed E-state index contributed by atoms with van der Waals surface area (Å²) in [5.74, 6) is 1.36. The fraction of sp³-hybridized carbons (Fsp3) is 0.500.